The molecular weight excluding hydrogens is 293 g/mol. The van der Waals surface area contributed by atoms with Gasteiger partial charge in [0.2, 0.25) is 0 Å². The normalized spacial score (nSPS) is 12.7. The van der Waals surface area contributed by atoms with Crippen molar-refractivity contribution in [3.05, 3.63) is 50.6 Å². The monoisotopic (exact) mass is 301 g/mol. The molecule has 0 spiro atoms. The summed E-state index contributed by atoms with van der Waals surface area (Å²) in [5.74, 6) is -0.299. The van der Waals surface area contributed by atoms with E-state index in [1.807, 2.05) is 5.38 Å². The summed E-state index contributed by atoms with van der Waals surface area (Å²) in [7, 11) is 0. The van der Waals surface area contributed by atoms with Crippen LogP contribution >= 0.6 is 27.3 Å². The lowest BCUT2D eigenvalue weighted by molar-refractivity contribution is 0.174. The van der Waals surface area contributed by atoms with Gasteiger partial charge in [0.25, 0.3) is 0 Å². The van der Waals surface area contributed by atoms with E-state index >= 15 is 0 Å². The number of hydrogen-bond acceptors (Lipinski definition) is 3. The predicted molar refractivity (Wildman–Crippen MR) is 64.9 cm³/mol. The summed E-state index contributed by atoms with van der Waals surface area (Å²) in [4.78, 5) is 4.04. The molecule has 2 rings (SSSR count). The second-order valence-electron chi connectivity index (χ2n) is 3.38. The molecular formula is C11H9BrFNOS. The summed E-state index contributed by atoms with van der Waals surface area (Å²) < 4.78 is 13.4. The van der Waals surface area contributed by atoms with Gasteiger partial charge in [-0.15, -0.1) is 11.3 Å². The van der Waals surface area contributed by atoms with E-state index in [1.165, 1.54) is 17.4 Å². The molecule has 0 radical (unpaired) electrons. The number of aliphatic hydroxyl groups excluding tert-OH is 1. The van der Waals surface area contributed by atoms with Crippen LogP contribution < -0.4 is 0 Å². The van der Waals surface area contributed by atoms with Crippen molar-refractivity contribution in [2.45, 2.75) is 12.5 Å². The van der Waals surface area contributed by atoms with Gasteiger partial charge < -0.3 is 5.11 Å². The molecule has 0 bridgehead atoms. The molecule has 0 aliphatic rings. The molecule has 2 aromatic rings. The van der Waals surface area contributed by atoms with Gasteiger partial charge in [-0.25, -0.2) is 9.37 Å². The van der Waals surface area contributed by atoms with Gasteiger partial charge in [0.15, 0.2) is 0 Å². The molecule has 5 heteroatoms. The average Bonchev–Trinajstić information content (AvgIpc) is 2.77. The van der Waals surface area contributed by atoms with Crippen LogP contribution in [0.15, 0.2) is 33.6 Å². The Bertz CT molecular complexity index is 475. The van der Waals surface area contributed by atoms with E-state index in [2.05, 4.69) is 20.9 Å². The first-order chi connectivity index (χ1) is 7.66. The predicted octanol–water partition coefficient (Wildman–Crippen LogP) is 3.32. The van der Waals surface area contributed by atoms with Crippen molar-refractivity contribution in [1.29, 1.82) is 0 Å². The number of aliphatic hydroxyl groups is 1. The van der Waals surface area contributed by atoms with Crippen molar-refractivity contribution in [3.63, 3.8) is 0 Å². The van der Waals surface area contributed by atoms with Gasteiger partial charge >= 0.3 is 0 Å². The van der Waals surface area contributed by atoms with E-state index in [0.29, 0.717) is 16.6 Å². The number of halogens is 2. The molecule has 1 aromatic carbocycles. The standard InChI is InChI=1S/C11H9BrFNOS/c12-8-3-7(1-2-9(8)13)4-11(15)10-5-16-6-14-10/h1-3,5-6,11,15H,4H2. The number of thiazole rings is 1. The van der Waals surface area contributed by atoms with Crippen LogP contribution in [0, 0.1) is 5.82 Å². The topological polar surface area (TPSA) is 33.1 Å². The van der Waals surface area contributed by atoms with Gasteiger partial charge in [-0.3, -0.25) is 0 Å². The Morgan fingerprint density at radius 1 is 1.50 bits per heavy atom. The first kappa shape index (κ1) is 11.7. The molecule has 1 atom stereocenters. The van der Waals surface area contributed by atoms with Gasteiger partial charge in [0, 0.05) is 11.8 Å². The third-order valence-electron chi connectivity index (χ3n) is 2.21. The van der Waals surface area contributed by atoms with E-state index in [-0.39, 0.29) is 5.82 Å². The Labute approximate surface area is 105 Å². The van der Waals surface area contributed by atoms with Gasteiger partial charge in [0.05, 0.1) is 15.7 Å². The third-order valence-corrected chi connectivity index (χ3v) is 3.42. The summed E-state index contributed by atoms with van der Waals surface area (Å²) >= 11 is 4.56. The molecule has 1 unspecified atom stereocenters. The molecule has 0 aliphatic carbocycles. The average molecular weight is 302 g/mol. The minimum absolute atomic E-state index is 0.299. The molecule has 1 N–H and O–H groups in total. The van der Waals surface area contributed by atoms with Crippen molar-refractivity contribution in [2.75, 3.05) is 0 Å². The Morgan fingerprint density at radius 2 is 2.31 bits per heavy atom. The van der Waals surface area contributed by atoms with Gasteiger partial charge in [-0.05, 0) is 33.6 Å². The fourth-order valence-corrected chi connectivity index (χ4v) is 2.41. The van der Waals surface area contributed by atoms with Gasteiger partial charge in [0.1, 0.15) is 11.9 Å². The summed E-state index contributed by atoms with van der Waals surface area (Å²) in [5.41, 5.74) is 3.21. The molecule has 16 heavy (non-hydrogen) atoms. The highest BCUT2D eigenvalue weighted by atomic mass is 79.9. The molecule has 0 fully saturated rings. The number of rotatable bonds is 3. The lowest BCUT2D eigenvalue weighted by Crippen LogP contribution is -2.02. The minimum Gasteiger partial charge on any atom is -0.386 e. The van der Waals surface area contributed by atoms with Gasteiger partial charge in [-0.1, -0.05) is 6.07 Å². The fourth-order valence-electron chi connectivity index (χ4n) is 1.38. The molecule has 84 valence electrons. The van der Waals surface area contributed by atoms with Crippen LogP contribution in [0.5, 0.6) is 0 Å². The third kappa shape index (κ3) is 2.66. The maximum absolute atomic E-state index is 13.0. The zero-order valence-electron chi connectivity index (χ0n) is 8.23. The van der Waals surface area contributed by atoms with Crippen molar-refractivity contribution in [1.82, 2.24) is 4.98 Å². The Kier molecular flexibility index (Phi) is 3.68. The summed E-state index contributed by atoms with van der Waals surface area (Å²) in [6.45, 7) is 0. The van der Waals surface area contributed by atoms with Crippen LogP contribution in [0.2, 0.25) is 0 Å². The molecule has 1 heterocycles. The first-order valence-electron chi connectivity index (χ1n) is 4.67. The van der Waals surface area contributed by atoms with Crippen LogP contribution in [0.3, 0.4) is 0 Å². The number of nitrogens with zero attached hydrogens (tertiary/aromatic N) is 1. The summed E-state index contributed by atoms with van der Waals surface area (Å²) in [6.07, 6.45) is -0.202. The molecule has 0 aliphatic heterocycles. The second kappa shape index (κ2) is 5.03. The lowest BCUT2D eigenvalue weighted by Gasteiger charge is -2.08. The Balaban J connectivity index is 2.12. The Morgan fingerprint density at radius 3 is 2.94 bits per heavy atom. The van der Waals surface area contributed by atoms with E-state index in [1.54, 1.807) is 17.6 Å². The zero-order chi connectivity index (χ0) is 11.5. The van der Waals surface area contributed by atoms with Crippen molar-refractivity contribution in [3.8, 4) is 0 Å². The number of hydrogen-bond donors (Lipinski definition) is 1. The molecule has 0 saturated carbocycles. The second-order valence-corrected chi connectivity index (χ2v) is 4.95. The van der Waals surface area contributed by atoms with Crippen molar-refractivity contribution >= 4 is 27.3 Å². The first-order valence-corrected chi connectivity index (χ1v) is 6.40. The summed E-state index contributed by atoms with van der Waals surface area (Å²) in [6, 6.07) is 4.72. The zero-order valence-corrected chi connectivity index (χ0v) is 10.6. The van der Waals surface area contributed by atoms with Crippen molar-refractivity contribution in [2.24, 2.45) is 0 Å². The van der Waals surface area contributed by atoms with Gasteiger partial charge in [-0.2, -0.15) is 0 Å². The summed E-state index contributed by atoms with van der Waals surface area (Å²) in [5, 5.41) is 11.7. The quantitative estimate of drug-likeness (QED) is 0.943. The minimum atomic E-state index is -0.636. The van der Waals surface area contributed by atoms with E-state index in [4.69, 9.17) is 0 Å². The Hall–Kier alpha value is -0.780. The molecule has 0 amide bonds. The number of benzene rings is 1. The van der Waals surface area contributed by atoms with E-state index in [0.717, 1.165) is 5.56 Å². The van der Waals surface area contributed by atoms with E-state index < -0.39 is 6.10 Å². The van der Waals surface area contributed by atoms with Crippen LogP contribution in [-0.4, -0.2) is 10.1 Å². The fraction of sp³-hybridized carbons (Fsp3) is 0.182. The lowest BCUT2D eigenvalue weighted by atomic mass is 10.1. The van der Waals surface area contributed by atoms with Crippen LogP contribution in [0.25, 0.3) is 0 Å². The highest BCUT2D eigenvalue weighted by Gasteiger charge is 2.11. The molecule has 0 saturated heterocycles. The van der Waals surface area contributed by atoms with Crippen molar-refractivity contribution < 1.29 is 9.50 Å². The van der Waals surface area contributed by atoms with Crippen LogP contribution in [0.4, 0.5) is 4.39 Å². The van der Waals surface area contributed by atoms with E-state index in [9.17, 15) is 9.50 Å². The smallest absolute Gasteiger partial charge is 0.137 e. The van der Waals surface area contributed by atoms with Crippen LogP contribution in [-0.2, 0) is 6.42 Å². The number of aromatic nitrogens is 1. The highest BCUT2D eigenvalue weighted by Crippen LogP contribution is 2.22. The molecule has 1 aromatic heterocycles. The largest absolute Gasteiger partial charge is 0.386 e. The van der Waals surface area contributed by atoms with Crippen LogP contribution in [0.1, 0.15) is 17.4 Å². The maximum Gasteiger partial charge on any atom is 0.137 e. The molecule has 2 nitrogen and oxygen atoms in total. The highest BCUT2D eigenvalue weighted by molar-refractivity contribution is 9.10. The SMILES string of the molecule is OC(Cc1ccc(F)c(Br)c1)c1cscn1. The maximum atomic E-state index is 13.0.